The molecular weight excluding hydrogens is 491 g/mol. The molecule has 0 atom stereocenters. The summed E-state index contributed by atoms with van der Waals surface area (Å²) in [4.78, 5) is 39.0. The van der Waals surface area contributed by atoms with Gasteiger partial charge in [0.05, 0.1) is 28.4 Å². The number of hydrogen-bond acceptors (Lipinski definition) is 6. The third-order valence-corrected chi connectivity index (χ3v) is 5.35. The summed E-state index contributed by atoms with van der Waals surface area (Å²) < 4.78 is 54.8. The second-order valence-corrected chi connectivity index (χ2v) is 7.85. The molecule has 0 bridgehead atoms. The van der Waals surface area contributed by atoms with E-state index in [1.807, 2.05) is 0 Å². The van der Waals surface area contributed by atoms with E-state index < -0.39 is 30.6 Å². The van der Waals surface area contributed by atoms with E-state index in [9.17, 15) is 27.6 Å². The first kappa shape index (κ1) is 24.3. The van der Waals surface area contributed by atoms with Crippen LogP contribution in [0.25, 0.3) is 10.8 Å². The molecule has 0 saturated heterocycles. The maximum absolute atomic E-state index is 13.5. The Morgan fingerprint density at radius 1 is 0.971 bits per heavy atom. The molecule has 1 heterocycles. The SMILES string of the molecule is CCOc1c2c(c(OCC(F)(F)F)c3ccccc13)C(=O)N(c1ccc(OC(C)=O)cc1Cl)C2=O. The van der Waals surface area contributed by atoms with Crippen LogP contribution in [0.2, 0.25) is 5.02 Å². The molecule has 0 radical (unpaired) electrons. The zero-order valence-corrected chi connectivity index (χ0v) is 19.1. The monoisotopic (exact) mass is 507 g/mol. The van der Waals surface area contributed by atoms with Crippen molar-refractivity contribution in [3.63, 3.8) is 0 Å². The van der Waals surface area contributed by atoms with Crippen molar-refractivity contribution >= 4 is 45.8 Å². The van der Waals surface area contributed by atoms with E-state index in [1.165, 1.54) is 31.2 Å². The molecule has 0 aromatic heterocycles. The third kappa shape index (κ3) is 4.49. The van der Waals surface area contributed by atoms with Gasteiger partial charge in [-0.3, -0.25) is 14.4 Å². The van der Waals surface area contributed by atoms with Crippen LogP contribution in [0, 0.1) is 0 Å². The van der Waals surface area contributed by atoms with Crippen molar-refractivity contribution in [2.75, 3.05) is 18.1 Å². The average Bonchev–Trinajstić information content (AvgIpc) is 3.03. The minimum Gasteiger partial charge on any atom is -0.492 e. The Kier molecular flexibility index (Phi) is 6.33. The van der Waals surface area contributed by atoms with Gasteiger partial charge in [-0.05, 0) is 19.1 Å². The summed E-state index contributed by atoms with van der Waals surface area (Å²) in [5.74, 6) is -2.64. The Balaban J connectivity index is 1.93. The van der Waals surface area contributed by atoms with E-state index in [1.54, 1.807) is 25.1 Å². The zero-order valence-electron chi connectivity index (χ0n) is 18.4. The number of alkyl halides is 3. The van der Waals surface area contributed by atoms with Gasteiger partial charge in [0.1, 0.15) is 17.2 Å². The highest BCUT2D eigenvalue weighted by atomic mass is 35.5. The van der Waals surface area contributed by atoms with Gasteiger partial charge in [0.2, 0.25) is 0 Å². The lowest BCUT2D eigenvalue weighted by molar-refractivity contribution is -0.153. The molecule has 0 spiro atoms. The van der Waals surface area contributed by atoms with Crippen LogP contribution in [0.15, 0.2) is 42.5 Å². The molecule has 2 amide bonds. The van der Waals surface area contributed by atoms with E-state index in [4.69, 9.17) is 25.8 Å². The molecule has 0 unspecified atom stereocenters. The van der Waals surface area contributed by atoms with Crippen LogP contribution < -0.4 is 19.1 Å². The molecule has 4 rings (SSSR count). The summed E-state index contributed by atoms with van der Waals surface area (Å²) in [6.07, 6.45) is -4.69. The number of esters is 1. The normalized spacial score (nSPS) is 13.3. The highest BCUT2D eigenvalue weighted by molar-refractivity contribution is 6.41. The minimum absolute atomic E-state index is 0.0472. The molecule has 0 saturated carbocycles. The van der Waals surface area contributed by atoms with Crippen molar-refractivity contribution < 1.29 is 41.8 Å². The standard InChI is InChI=1S/C24H17ClF3NO6/c1-3-33-20-14-6-4-5-7-15(14)21(34-11-24(26,27)28)19-18(20)22(31)29(23(19)32)17-9-8-13(10-16(17)25)35-12(2)30/h4-10H,3,11H2,1-2H3. The Morgan fingerprint density at radius 3 is 2.03 bits per heavy atom. The molecule has 1 aliphatic heterocycles. The van der Waals surface area contributed by atoms with Crippen molar-refractivity contribution in [3.8, 4) is 17.2 Å². The maximum Gasteiger partial charge on any atom is 0.422 e. The molecular formula is C24H17ClF3NO6. The van der Waals surface area contributed by atoms with Gasteiger partial charge in [-0.1, -0.05) is 35.9 Å². The smallest absolute Gasteiger partial charge is 0.422 e. The van der Waals surface area contributed by atoms with Gasteiger partial charge >= 0.3 is 12.1 Å². The fraction of sp³-hybridized carbons (Fsp3) is 0.208. The highest BCUT2D eigenvalue weighted by Crippen LogP contribution is 2.47. The van der Waals surface area contributed by atoms with Crippen molar-refractivity contribution in [2.24, 2.45) is 0 Å². The van der Waals surface area contributed by atoms with Gasteiger partial charge in [-0.25, -0.2) is 4.90 Å². The van der Waals surface area contributed by atoms with Gasteiger partial charge in [0.25, 0.3) is 11.8 Å². The molecule has 1 aliphatic rings. The van der Waals surface area contributed by atoms with Gasteiger partial charge in [0, 0.05) is 23.8 Å². The van der Waals surface area contributed by atoms with E-state index in [2.05, 4.69) is 0 Å². The number of anilines is 1. The van der Waals surface area contributed by atoms with Gasteiger partial charge in [-0.2, -0.15) is 13.2 Å². The number of carbonyl (C=O) groups excluding carboxylic acids is 3. The first-order chi connectivity index (χ1) is 16.5. The molecule has 0 fully saturated rings. The van der Waals surface area contributed by atoms with E-state index >= 15 is 0 Å². The number of carbonyl (C=O) groups is 3. The van der Waals surface area contributed by atoms with Crippen molar-refractivity contribution in [1.29, 1.82) is 0 Å². The third-order valence-electron chi connectivity index (χ3n) is 5.04. The van der Waals surface area contributed by atoms with Crippen LogP contribution in [0.5, 0.6) is 17.2 Å². The lowest BCUT2D eigenvalue weighted by Crippen LogP contribution is -2.30. The average molecular weight is 508 g/mol. The number of rotatable bonds is 6. The van der Waals surface area contributed by atoms with Crippen LogP contribution >= 0.6 is 11.6 Å². The second kappa shape index (κ2) is 9.10. The van der Waals surface area contributed by atoms with Crippen LogP contribution in [-0.4, -0.2) is 37.2 Å². The number of fused-ring (bicyclic) bond motifs is 2. The number of halogens is 4. The predicted octanol–water partition coefficient (Wildman–Crippen LogP) is 5.56. The highest BCUT2D eigenvalue weighted by Gasteiger charge is 2.45. The molecule has 0 aliphatic carbocycles. The molecule has 3 aromatic rings. The number of hydrogen-bond donors (Lipinski definition) is 0. The number of amides is 2. The number of nitrogens with zero attached hydrogens (tertiary/aromatic N) is 1. The van der Waals surface area contributed by atoms with Gasteiger partial charge in [-0.15, -0.1) is 0 Å². The van der Waals surface area contributed by atoms with Crippen molar-refractivity contribution in [1.82, 2.24) is 0 Å². The lowest BCUT2D eigenvalue weighted by Gasteiger charge is -2.17. The van der Waals surface area contributed by atoms with Crippen molar-refractivity contribution in [3.05, 3.63) is 58.6 Å². The quantitative estimate of drug-likeness (QED) is 0.247. The van der Waals surface area contributed by atoms with E-state index in [0.717, 1.165) is 4.90 Å². The lowest BCUT2D eigenvalue weighted by atomic mass is 9.99. The first-order valence-electron chi connectivity index (χ1n) is 10.3. The van der Waals surface area contributed by atoms with Crippen LogP contribution in [0.1, 0.15) is 34.6 Å². The van der Waals surface area contributed by atoms with Crippen LogP contribution in [0.3, 0.4) is 0 Å². The maximum atomic E-state index is 13.5. The Bertz CT molecular complexity index is 1370. The molecule has 182 valence electrons. The van der Waals surface area contributed by atoms with Crippen molar-refractivity contribution in [2.45, 2.75) is 20.0 Å². The van der Waals surface area contributed by atoms with Crippen LogP contribution in [-0.2, 0) is 4.79 Å². The topological polar surface area (TPSA) is 82.1 Å². The molecule has 3 aromatic carbocycles. The molecule has 7 nitrogen and oxygen atoms in total. The summed E-state index contributed by atoms with van der Waals surface area (Å²) in [6, 6.07) is 10.1. The Hall–Kier alpha value is -3.79. The van der Waals surface area contributed by atoms with E-state index in [-0.39, 0.29) is 51.1 Å². The van der Waals surface area contributed by atoms with Gasteiger partial charge in [0.15, 0.2) is 6.61 Å². The fourth-order valence-corrected chi connectivity index (χ4v) is 4.07. The summed E-state index contributed by atoms with van der Waals surface area (Å²) >= 11 is 6.28. The van der Waals surface area contributed by atoms with Gasteiger partial charge < -0.3 is 14.2 Å². The summed E-state index contributed by atoms with van der Waals surface area (Å²) in [5, 5.41) is 0.390. The summed E-state index contributed by atoms with van der Waals surface area (Å²) in [7, 11) is 0. The second-order valence-electron chi connectivity index (χ2n) is 7.44. The number of benzene rings is 3. The largest absolute Gasteiger partial charge is 0.492 e. The zero-order chi connectivity index (χ0) is 25.5. The number of imide groups is 1. The molecule has 0 N–H and O–H groups in total. The minimum atomic E-state index is -4.69. The predicted molar refractivity (Wildman–Crippen MR) is 121 cm³/mol. The summed E-state index contributed by atoms with van der Waals surface area (Å²) in [6.45, 7) is 1.31. The molecule has 11 heteroatoms. The van der Waals surface area contributed by atoms with Crippen LogP contribution in [0.4, 0.5) is 18.9 Å². The van der Waals surface area contributed by atoms with E-state index in [0.29, 0.717) is 5.39 Å². The fourth-order valence-electron chi connectivity index (χ4n) is 3.81. The summed E-state index contributed by atoms with van der Waals surface area (Å²) in [5.41, 5.74) is -0.642. The Morgan fingerprint density at radius 2 is 1.54 bits per heavy atom. The molecule has 35 heavy (non-hydrogen) atoms. The Labute approximate surface area is 201 Å². The first-order valence-corrected chi connectivity index (χ1v) is 10.7. The number of ether oxygens (including phenoxy) is 3.